The molecule has 1 saturated heterocycles. The van der Waals surface area contributed by atoms with Gasteiger partial charge < -0.3 is 10.2 Å². The number of rotatable bonds is 6. The predicted octanol–water partition coefficient (Wildman–Crippen LogP) is 5.46. The summed E-state index contributed by atoms with van der Waals surface area (Å²) < 4.78 is 0. The molecule has 2 heterocycles. The van der Waals surface area contributed by atoms with E-state index in [0.717, 1.165) is 54.3 Å². The average molecular weight is 449 g/mol. The maximum Gasteiger partial charge on any atom is 0.251 e. The van der Waals surface area contributed by atoms with Crippen molar-refractivity contribution in [2.45, 2.75) is 12.8 Å². The SMILES string of the molecule is O=C(NCC1CCN(c2cnc(-c3ccccc3)c(-c3ccccc3)n2)CC1)c1ccccc1. The second-order valence-electron chi connectivity index (χ2n) is 8.66. The van der Waals surface area contributed by atoms with Crippen molar-refractivity contribution in [2.75, 3.05) is 24.5 Å². The standard InChI is InChI=1S/C29H28N4O/c34-29(25-14-8-3-9-15-25)31-20-22-16-18-33(19-17-22)26-21-30-27(23-10-4-1-5-11-23)28(32-26)24-12-6-2-7-13-24/h1-15,21-22H,16-20H2,(H,31,34). The summed E-state index contributed by atoms with van der Waals surface area (Å²) in [4.78, 5) is 24.6. The first-order valence-electron chi connectivity index (χ1n) is 11.8. The molecule has 34 heavy (non-hydrogen) atoms. The summed E-state index contributed by atoms with van der Waals surface area (Å²) in [5, 5.41) is 3.09. The van der Waals surface area contributed by atoms with E-state index in [0.29, 0.717) is 18.0 Å². The van der Waals surface area contributed by atoms with E-state index in [4.69, 9.17) is 9.97 Å². The number of amides is 1. The molecule has 4 aromatic rings. The Kier molecular flexibility index (Phi) is 6.61. The van der Waals surface area contributed by atoms with Crippen molar-refractivity contribution in [3.8, 4) is 22.5 Å². The molecular weight excluding hydrogens is 420 g/mol. The third-order valence-electron chi connectivity index (χ3n) is 6.38. The van der Waals surface area contributed by atoms with Crippen LogP contribution in [0.3, 0.4) is 0 Å². The smallest absolute Gasteiger partial charge is 0.251 e. The van der Waals surface area contributed by atoms with Gasteiger partial charge in [-0.1, -0.05) is 78.9 Å². The van der Waals surface area contributed by atoms with Gasteiger partial charge >= 0.3 is 0 Å². The average Bonchev–Trinajstić information content (AvgIpc) is 2.93. The largest absolute Gasteiger partial charge is 0.355 e. The summed E-state index contributed by atoms with van der Waals surface area (Å²) in [6.07, 6.45) is 3.92. The van der Waals surface area contributed by atoms with Gasteiger partial charge in [0.25, 0.3) is 5.91 Å². The molecule has 1 aliphatic rings. The Morgan fingerprint density at radius 2 is 1.35 bits per heavy atom. The van der Waals surface area contributed by atoms with Crippen LogP contribution in [-0.4, -0.2) is 35.5 Å². The Labute approximate surface area is 200 Å². The summed E-state index contributed by atoms with van der Waals surface area (Å²) in [7, 11) is 0. The topological polar surface area (TPSA) is 58.1 Å². The van der Waals surface area contributed by atoms with Gasteiger partial charge in [0, 0.05) is 36.3 Å². The van der Waals surface area contributed by atoms with E-state index in [9.17, 15) is 4.79 Å². The summed E-state index contributed by atoms with van der Waals surface area (Å²) >= 11 is 0. The van der Waals surface area contributed by atoms with Crippen LogP contribution in [0.2, 0.25) is 0 Å². The molecule has 0 unspecified atom stereocenters. The number of benzene rings is 3. The zero-order chi connectivity index (χ0) is 23.2. The molecule has 5 heteroatoms. The number of nitrogens with zero attached hydrogens (tertiary/aromatic N) is 3. The molecule has 0 bridgehead atoms. The van der Waals surface area contributed by atoms with E-state index in [2.05, 4.69) is 34.5 Å². The number of hydrogen-bond acceptors (Lipinski definition) is 4. The normalized spacial score (nSPS) is 14.1. The van der Waals surface area contributed by atoms with Crippen LogP contribution in [0.15, 0.2) is 97.2 Å². The number of anilines is 1. The second kappa shape index (κ2) is 10.3. The Balaban J connectivity index is 1.28. The minimum atomic E-state index is -0.00194. The van der Waals surface area contributed by atoms with Gasteiger partial charge in [-0.15, -0.1) is 0 Å². The Hall–Kier alpha value is -3.99. The highest BCUT2D eigenvalue weighted by Gasteiger charge is 2.22. The summed E-state index contributed by atoms with van der Waals surface area (Å²) in [5.41, 5.74) is 4.64. The van der Waals surface area contributed by atoms with Crippen LogP contribution in [0.5, 0.6) is 0 Å². The molecule has 1 N–H and O–H groups in total. The first-order valence-corrected chi connectivity index (χ1v) is 11.8. The fraction of sp³-hybridized carbons (Fsp3) is 0.207. The van der Waals surface area contributed by atoms with E-state index in [1.165, 1.54) is 0 Å². The zero-order valence-corrected chi connectivity index (χ0v) is 19.1. The zero-order valence-electron chi connectivity index (χ0n) is 19.1. The van der Waals surface area contributed by atoms with Crippen LogP contribution >= 0.6 is 0 Å². The van der Waals surface area contributed by atoms with Crippen LogP contribution < -0.4 is 10.2 Å². The van der Waals surface area contributed by atoms with Crippen molar-refractivity contribution in [3.63, 3.8) is 0 Å². The van der Waals surface area contributed by atoms with E-state index >= 15 is 0 Å². The quantitative estimate of drug-likeness (QED) is 0.426. The van der Waals surface area contributed by atoms with Gasteiger partial charge in [0.1, 0.15) is 5.82 Å². The summed E-state index contributed by atoms with van der Waals surface area (Å²) in [6, 6.07) is 29.9. The highest BCUT2D eigenvalue weighted by atomic mass is 16.1. The van der Waals surface area contributed by atoms with Gasteiger partial charge in [0.05, 0.1) is 17.6 Å². The van der Waals surface area contributed by atoms with Crippen molar-refractivity contribution in [1.29, 1.82) is 0 Å². The lowest BCUT2D eigenvalue weighted by Gasteiger charge is -2.33. The number of carbonyl (C=O) groups excluding carboxylic acids is 1. The number of carbonyl (C=O) groups is 1. The maximum absolute atomic E-state index is 12.4. The van der Waals surface area contributed by atoms with Crippen molar-refractivity contribution in [3.05, 3.63) is 103 Å². The van der Waals surface area contributed by atoms with Crippen LogP contribution in [0.4, 0.5) is 5.82 Å². The molecule has 1 aromatic heterocycles. The van der Waals surface area contributed by atoms with Crippen LogP contribution in [0, 0.1) is 5.92 Å². The molecule has 170 valence electrons. The van der Waals surface area contributed by atoms with Gasteiger partial charge in [0.15, 0.2) is 0 Å². The molecule has 1 fully saturated rings. The molecule has 1 amide bonds. The third-order valence-corrected chi connectivity index (χ3v) is 6.38. The summed E-state index contributed by atoms with van der Waals surface area (Å²) in [6.45, 7) is 2.51. The lowest BCUT2D eigenvalue weighted by molar-refractivity contribution is 0.0945. The molecule has 0 aliphatic carbocycles. The lowest BCUT2D eigenvalue weighted by atomic mass is 9.96. The minimum Gasteiger partial charge on any atom is -0.355 e. The molecule has 5 rings (SSSR count). The Bertz CT molecular complexity index is 1220. The number of hydrogen-bond donors (Lipinski definition) is 1. The summed E-state index contributed by atoms with van der Waals surface area (Å²) in [5.74, 6) is 1.37. The van der Waals surface area contributed by atoms with Crippen LogP contribution in [0.25, 0.3) is 22.5 Å². The number of piperidine rings is 1. The van der Waals surface area contributed by atoms with E-state index in [-0.39, 0.29) is 5.91 Å². The van der Waals surface area contributed by atoms with Crippen molar-refractivity contribution in [1.82, 2.24) is 15.3 Å². The third kappa shape index (κ3) is 4.99. The molecular formula is C29H28N4O. The molecule has 0 spiro atoms. The van der Waals surface area contributed by atoms with Crippen LogP contribution in [0.1, 0.15) is 23.2 Å². The number of nitrogens with one attached hydrogen (secondary N) is 1. The van der Waals surface area contributed by atoms with E-state index < -0.39 is 0 Å². The second-order valence-corrected chi connectivity index (χ2v) is 8.66. The van der Waals surface area contributed by atoms with Gasteiger partial charge in [-0.05, 0) is 30.9 Å². The molecule has 0 atom stereocenters. The van der Waals surface area contributed by atoms with Crippen molar-refractivity contribution >= 4 is 11.7 Å². The molecule has 1 aliphatic heterocycles. The maximum atomic E-state index is 12.4. The van der Waals surface area contributed by atoms with Crippen molar-refractivity contribution < 1.29 is 4.79 Å². The Morgan fingerprint density at radius 3 is 1.97 bits per heavy atom. The molecule has 3 aromatic carbocycles. The Morgan fingerprint density at radius 1 is 0.794 bits per heavy atom. The highest BCUT2D eigenvalue weighted by Crippen LogP contribution is 2.31. The molecule has 0 radical (unpaired) electrons. The van der Waals surface area contributed by atoms with Crippen LogP contribution in [-0.2, 0) is 0 Å². The van der Waals surface area contributed by atoms with E-state index in [1.54, 1.807) is 0 Å². The first-order chi connectivity index (χ1) is 16.8. The monoisotopic (exact) mass is 448 g/mol. The first kappa shape index (κ1) is 21.8. The van der Waals surface area contributed by atoms with Gasteiger partial charge in [-0.25, -0.2) is 4.98 Å². The van der Waals surface area contributed by atoms with Gasteiger partial charge in [-0.2, -0.15) is 0 Å². The lowest BCUT2D eigenvalue weighted by Crippen LogP contribution is -2.39. The van der Waals surface area contributed by atoms with Gasteiger partial charge in [-0.3, -0.25) is 9.78 Å². The fourth-order valence-corrected chi connectivity index (χ4v) is 4.43. The van der Waals surface area contributed by atoms with Crippen molar-refractivity contribution in [2.24, 2.45) is 5.92 Å². The minimum absolute atomic E-state index is 0.00194. The predicted molar refractivity (Wildman–Crippen MR) is 137 cm³/mol. The van der Waals surface area contributed by atoms with Gasteiger partial charge in [0.2, 0.25) is 0 Å². The highest BCUT2D eigenvalue weighted by molar-refractivity contribution is 5.94. The van der Waals surface area contributed by atoms with E-state index in [1.807, 2.05) is 72.9 Å². The molecule has 0 saturated carbocycles. The fourth-order valence-electron chi connectivity index (χ4n) is 4.43. The molecule has 5 nitrogen and oxygen atoms in total. The number of aromatic nitrogens is 2.